The quantitative estimate of drug-likeness (QED) is 0.744. The maximum atomic E-state index is 5.40. The number of nitrogens with zero attached hydrogens (tertiary/aromatic N) is 2. The van der Waals surface area contributed by atoms with Gasteiger partial charge in [0.15, 0.2) is 5.76 Å². The van der Waals surface area contributed by atoms with Crippen molar-refractivity contribution in [3.63, 3.8) is 0 Å². The molecule has 0 aliphatic rings. The minimum absolute atomic E-state index is 0.373. The molecule has 13 heavy (non-hydrogen) atoms. The number of rotatable bonds is 2. The molecule has 0 radical (unpaired) electrons. The summed E-state index contributed by atoms with van der Waals surface area (Å²) in [5, 5.41) is 3.87. The maximum Gasteiger partial charge on any atom is 0.150 e. The highest BCUT2D eigenvalue weighted by Crippen LogP contribution is 2.17. The van der Waals surface area contributed by atoms with E-state index in [-0.39, 0.29) is 0 Å². The summed E-state index contributed by atoms with van der Waals surface area (Å²) < 4.78 is 4.97. The summed E-state index contributed by atoms with van der Waals surface area (Å²) in [5.41, 5.74) is 7.17. The fourth-order valence-electron chi connectivity index (χ4n) is 1.07. The van der Waals surface area contributed by atoms with Gasteiger partial charge >= 0.3 is 0 Å². The molecule has 2 heterocycles. The zero-order valence-corrected chi connectivity index (χ0v) is 6.97. The Morgan fingerprint density at radius 3 is 2.69 bits per heavy atom. The van der Waals surface area contributed by atoms with E-state index in [9.17, 15) is 0 Å². The molecule has 0 aromatic carbocycles. The van der Waals surface area contributed by atoms with E-state index in [2.05, 4.69) is 10.1 Å². The molecule has 2 N–H and O–H groups in total. The summed E-state index contributed by atoms with van der Waals surface area (Å²) in [6.07, 6.45) is 3.43. The van der Waals surface area contributed by atoms with E-state index in [1.807, 2.05) is 18.2 Å². The third kappa shape index (κ3) is 1.57. The number of hydrogen-bond donors (Lipinski definition) is 1. The Kier molecular flexibility index (Phi) is 2.06. The molecule has 0 unspecified atom stereocenters. The average Bonchev–Trinajstić information content (AvgIpc) is 2.67. The summed E-state index contributed by atoms with van der Waals surface area (Å²) in [7, 11) is 0. The lowest BCUT2D eigenvalue weighted by Gasteiger charge is -1.90. The molecule has 0 atom stereocenters. The molecule has 2 aromatic heterocycles. The minimum atomic E-state index is 0.373. The van der Waals surface area contributed by atoms with Crippen LogP contribution in [-0.4, -0.2) is 10.1 Å². The zero-order valence-electron chi connectivity index (χ0n) is 6.97. The first kappa shape index (κ1) is 7.94. The van der Waals surface area contributed by atoms with Gasteiger partial charge in [-0.25, -0.2) is 0 Å². The first-order valence-corrected chi connectivity index (χ1v) is 3.96. The van der Waals surface area contributed by atoms with Gasteiger partial charge in [-0.05, 0) is 12.1 Å². The molecular weight excluding hydrogens is 166 g/mol. The van der Waals surface area contributed by atoms with Gasteiger partial charge in [-0.3, -0.25) is 4.98 Å². The van der Waals surface area contributed by atoms with Gasteiger partial charge in [-0.1, -0.05) is 5.16 Å². The van der Waals surface area contributed by atoms with Gasteiger partial charge in [0.25, 0.3) is 0 Å². The zero-order chi connectivity index (χ0) is 9.10. The predicted octanol–water partition coefficient (Wildman–Crippen LogP) is 1.20. The van der Waals surface area contributed by atoms with Gasteiger partial charge in [0.2, 0.25) is 0 Å². The minimum Gasteiger partial charge on any atom is -0.359 e. The first-order chi connectivity index (χ1) is 6.40. The second-order valence-electron chi connectivity index (χ2n) is 2.62. The van der Waals surface area contributed by atoms with Crippen LogP contribution in [0.3, 0.4) is 0 Å². The average molecular weight is 175 g/mol. The van der Waals surface area contributed by atoms with Crippen LogP contribution >= 0.6 is 0 Å². The molecule has 0 fully saturated rings. The molecule has 0 aliphatic carbocycles. The fourth-order valence-corrected chi connectivity index (χ4v) is 1.07. The molecule has 0 spiro atoms. The molecule has 0 saturated heterocycles. The SMILES string of the molecule is NCc1cc(-c2ccncc2)no1. The van der Waals surface area contributed by atoms with Crippen molar-refractivity contribution in [3.8, 4) is 11.3 Å². The van der Waals surface area contributed by atoms with Crippen LogP contribution in [0.15, 0.2) is 35.1 Å². The monoisotopic (exact) mass is 175 g/mol. The lowest BCUT2D eigenvalue weighted by molar-refractivity contribution is 0.387. The third-order valence-corrected chi connectivity index (χ3v) is 1.74. The molecule has 66 valence electrons. The fraction of sp³-hybridized carbons (Fsp3) is 0.111. The van der Waals surface area contributed by atoms with Crippen LogP contribution in [0, 0.1) is 0 Å². The van der Waals surface area contributed by atoms with Crippen molar-refractivity contribution in [3.05, 3.63) is 36.4 Å². The van der Waals surface area contributed by atoms with E-state index < -0.39 is 0 Å². The van der Waals surface area contributed by atoms with E-state index in [0.717, 1.165) is 11.3 Å². The largest absolute Gasteiger partial charge is 0.359 e. The second-order valence-corrected chi connectivity index (χ2v) is 2.62. The summed E-state index contributed by atoms with van der Waals surface area (Å²) in [4.78, 5) is 3.91. The number of nitrogens with two attached hydrogens (primary N) is 1. The van der Waals surface area contributed by atoms with E-state index >= 15 is 0 Å². The van der Waals surface area contributed by atoms with Crippen LogP contribution in [0.2, 0.25) is 0 Å². The summed E-state index contributed by atoms with van der Waals surface area (Å²) in [6, 6.07) is 5.58. The van der Waals surface area contributed by atoms with E-state index in [1.165, 1.54) is 0 Å². The van der Waals surface area contributed by atoms with Crippen LogP contribution in [0.25, 0.3) is 11.3 Å². The molecule has 4 nitrogen and oxygen atoms in total. The van der Waals surface area contributed by atoms with Crippen molar-refractivity contribution in [1.82, 2.24) is 10.1 Å². The van der Waals surface area contributed by atoms with Crippen molar-refractivity contribution in [2.45, 2.75) is 6.54 Å². The molecule has 2 rings (SSSR count). The van der Waals surface area contributed by atoms with Crippen LogP contribution in [0.4, 0.5) is 0 Å². The topological polar surface area (TPSA) is 64.9 Å². The van der Waals surface area contributed by atoms with Crippen LogP contribution in [-0.2, 0) is 6.54 Å². The first-order valence-electron chi connectivity index (χ1n) is 3.96. The lowest BCUT2D eigenvalue weighted by atomic mass is 10.2. The van der Waals surface area contributed by atoms with Crippen LogP contribution < -0.4 is 5.73 Å². The summed E-state index contributed by atoms with van der Waals surface area (Å²) in [5.74, 6) is 0.687. The molecule has 0 amide bonds. The van der Waals surface area contributed by atoms with Gasteiger partial charge in [-0.2, -0.15) is 0 Å². The molecule has 0 aliphatic heterocycles. The van der Waals surface area contributed by atoms with Gasteiger partial charge < -0.3 is 10.3 Å². The van der Waals surface area contributed by atoms with E-state index in [4.69, 9.17) is 10.3 Å². The highest BCUT2D eigenvalue weighted by atomic mass is 16.5. The Bertz CT molecular complexity index is 383. The Hall–Kier alpha value is -1.68. The highest BCUT2D eigenvalue weighted by Gasteiger charge is 2.03. The number of hydrogen-bond acceptors (Lipinski definition) is 4. The predicted molar refractivity (Wildman–Crippen MR) is 47.6 cm³/mol. The van der Waals surface area contributed by atoms with Crippen LogP contribution in [0.5, 0.6) is 0 Å². The van der Waals surface area contributed by atoms with Crippen LogP contribution in [0.1, 0.15) is 5.76 Å². The molecular formula is C9H9N3O. The standard InChI is InChI=1S/C9H9N3O/c10-6-8-5-9(12-13-8)7-1-3-11-4-2-7/h1-5H,6,10H2. The van der Waals surface area contributed by atoms with Crippen molar-refractivity contribution in [1.29, 1.82) is 0 Å². The van der Waals surface area contributed by atoms with Gasteiger partial charge in [0.05, 0.1) is 6.54 Å². The van der Waals surface area contributed by atoms with Crippen molar-refractivity contribution in [2.24, 2.45) is 5.73 Å². The van der Waals surface area contributed by atoms with Crippen molar-refractivity contribution in [2.75, 3.05) is 0 Å². The third-order valence-electron chi connectivity index (χ3n) is 1.74. The second kappa shape index (κ2) is 3.37. The lowest BCUT2D eigenvalue weighted by Crippen LogP contribution is -1.92. The highest BCUT2D eigenvalue weighted by molar-refractivity contribution is 5.57. The van der Waals surface area contributed by atoms with Crippen molar-refractivity contribution >= 4 is 0 Å². The normalized spacial score (nSPS) is 10.2. The Morgan fingerprint density at radius 2 is 2.08 bits per heavy atom. The number of aromatic nitrogens is 2. The van der Waals surface area contributed by atoms with E-state index in [1.54, 1.807) is 12.4 Å². The van der Waals surface area contributed by atoms with Gasteiger partial charge in [-0.15, -0.1) is 0 Å². The molecule has 0 bridgehead atoms. The molecule has 4 heteroatoms. The maximum absolute atomic E-state index is 5.40. The molecule has 0 saturated carbocycles. The Labute approximate surface area is 75.4 Å². The molecule has 2 aromatic rings. The Morgan fingerprint density at radius 1 is 1.31 bits per heavy atom. The van der Waals surface area contributed by atoms with Gasteiger partial charge in [0, 0.05) is 24.0 Å². The van der Waals surface area contributed by atoms with Crippen molar-refractivity contribution < 1.29 is 4.52 Å². The smallest absolute Gasteiger partial charge is 0.150 e. The Balaban J connectivity index is 2.36. The summed E-state index contributed by atoms with van der Waals surface area (Å²) >= 11 is 0. The van der Waals surface area contributed by atoms with Gasteiger partial charge in [0.1, 0.15) is 5.69 Å². The number of pyridine rings is 1. The van der Waals surface area contributed by atoms with E-state index in [0.29, 0.717) is 12.3 Å². The summed E-state index contributed by atoms with van der Waals surface area (Å²) in [6.45, 7) is 0.373.